The normalized spacial score (nSPS) is 13.3. The Morgan fingerprint density at radius 2 is 1.95 bits per heavy atom. The van der Waals surface area contributed by atoms with E-state index in [0.717, 1.165) is 5.56 Å². The highest BCUT2D eigenvalue weighted by molar-refractivity contribution is 7.84. The van der Waals surface area contributed by atoms with Crippen LogP contribution in [0.3, 0.4) is 0 Å². The molecule has 1 amide bonds. The van der Waals surface area contributed by atoms with E-state index in [0.29, 0.717) is 5.75 Å². The number of rotatable bonds is 7. The Balaban J connectivity index is 2.60. The van der Waals surface area contributed by atoms with E-state index in [1.54, 1.807) is 31.4 Å². The Morgan fingerprint density at radius 1 is 1.35 bits per heavy atom. The molecule has 6 nitrogen and oxygen atoms in total. The lowest BCUT2D eigenvalue weighted by atomic mass is 10.2. The van der Waals surface area contributed by atoms with Crippen molar-refractivity contribution in [2.45, 2.75) is 18.7 Å². The number of carboxylic acids is 1. The molecule has 0 heterocycles. The molecule has 0 spiro atoms. The Hall–Kier alpha value is -1.89. The van der Waals surface area contributed by atoms with Crippen molar-refractivity contribution in [2.75, 3.05) is 12.9 Å². The van der Waals surface area contributed by atoms with Crippen LogP contribution in [-0.4, -0.2) is 40.1 Å². The second-order valence-electron chi connectivity index (χ2n) is 4.19. The molecule has 20 heavy (non-hydrogen) atoms. The van der Waals surface area contributed by atoms with Gasteiger partial charge < -0.3 is 15.2 Å². The van der Waals surface area contributed by atoms with Crippen molar-refractivity contribution in [1.29, 1.82) is 0 Å². The Kier molecular flexibility index (Phi) is 6.17. The summed E-state index contributed by atoms with van der Waals surface area (Å²) < 4.78 is 16.9. The average Bonchev–Trinajstić information content (AvgIpc) is 2.38. The zero-order valence-electron chi connectivity index (χ0n) is 11.3. The van der Waals surface area contributed by atoms with Crippen LogP contribution in [0.1, 0.15) is 12.5 Å². The third kappa shape index (κ3) is 5.40. The number of amides is 1. The highest BCUT2D eigenvalue weighted by Gasteiger charge is 2.21. The lowest BCUT2D eigenvalue weighted by molar-refractivity contribution is -0.140. The first-order valence-electron chi connectivity index (χ1n) is 5.90. The molecule has 1 aromatic rings. The summed E-state index contributed by atoms with van der Waals surface area (Å²) in [5.41, 5.74) is 0.816. The SMILES string of the molecule is COc1ccc(CS(=O)C[C@H](NC(C)=O)C(=O)O)cc1. The van der Waals surface area contributed by atoms with E-state index in [1.807, 2.05) is 0 Å². The van der Waals surface area contributed by atoms with E-state index in [-0.39, 0.29) is 11.5 Å². The second-order valence-corrected chi connectivity index (χ2v) is 5.69. The fourth-order valence-corrected chi connectivity index (χ4v) is 2.85. The van der Waals surface area contributed by atoms with Crippen molar-refractivity contribution in [2.24, 2.45) is 0 Å². The van der Waals surface area contributed by atoms with Crippen LogP contribution in [0.15, 0.2) is 24.3 Å². The number of hydrogen-bond acceptors (Lipinski definition) is 4. The third-order valence-corrected chi connectivity index (χ3v) is 3.88. The van der Waals surface area contributed by atoms with E-state index in [9.17, 15) is 13.8 Å². The van der Waals surface area contributed by atoms with Gasteiger partial charge in [-0.15, -0.1) is 0 Å². The van der Waals surface area contributed by atoms with Crippen molar-refractivity contribution in [1.82, 2.24) is 5.32 Å². The Labute approximate surface area is 119 Å². The van der Waals surface area contributed by atoms with Crippen LogP contribution < -0.4 is 10.1 Å². The topological polar surface area (TPSA) is 92.7 Å². The van der Waals surface area contributed by atoms with Crippen molar-refractivity contribution in [3.63, 3.8) is 0 Å². The van der Waals surface area contributed by atoms with Crippen molar-refractivity contribution < 1.29 is 23.6 Å². The first-order valence-corrected chi connectivity index (χ1v) is 7.39. The van der Waals surface area contributed by atoms with Gasteiger partial charge in [0.05, 0.1) is 12.9 Å². The van der Waals surface area contributed by atoms with Gasteiger partial charge in [0.2, 0.25) is 5.91 Å². The highest BCUT2D eigenvalue weighted by Crippen LogP contribution is 2.13. The number of methoxy groups -OCH3 is 1. The summed E-state index contributed by atoms with van der Waals surface area (Å²) in [6, 6.07) is 5.89. The summed E-state index contributed by atoms with van der Waals surface area (Å²) >= 11 is 0. The lowest BCUT2D eigenvalue weighted by Gasteiger charge is -2.12. The van der Waals surface area contributed by atoms with E-state index >= 15 is 0 Å². The molecular formula is C13H17NO5S. The van der Waals surface area contributed by atoms with Crippen molar-refractivity contribution in [3.8, 4) is 5.75 Å². The summed E-state index contributed by atoms with van der Waals surface area (Å²) in [6.45, 7) is 1.22. The van der Waals surface area contributed by atoms with Gasteiger partial charge in [0.15, 0.2) is 0 Å². The molecule has 1 aromatic carbocycles. The first kappa shape index (κ1) is 16.2. The fourth-order valence-electron chi connectivity index (χ4n) is 1.57. The minimum Gasteiger partial charge on any atom is -0.497 e. The van der Waals surface area contributed by atoms with E-state index < -0.39 is 28.7 Å². The van der Waals surface area contributed by atoms with Crippen LogP contribution in [0.2, 0.25) is 0 Å². The van der Waals surface area contributed by atoms with E-state index in [4.69, 9.17) is 9.84 Å². The van der Waals surface area contributed by atoms with Crippen LogP contribution in [0, 0.1) is 0 Å². The maximum atomic E-state index is 11.9. The van der Waals surface area contributed by atoms with Gasteiger partial charge in [-0.25, -0.2) is 4.79 Å². The predicted molar refractivity (Wildman–Crippen MR) is 74.9 cm³/mol. The monoisotopic (exact) mass is 299 g/mol. The molecule has 2 N–H and O–H groups in total. The van der Waals surface area contributed by atoms with Gasteiger partial charge >= 0.3 is 5.97 Å². The first-order chi connectivity index (χ1) is 9.42. The molecule has 0 aromatic heterocycles. The van der Waals surface area contributed by atoms with Crippen LogP contribution in [-0.2, 0) is 26.1 Å². The fraction of sp³-hybridized carbons (Fsp3) is 0.385. The summed E-state index contributed by atoms with van der Waals surface area (Å²) in [5, 5.41) is 11.2. The van der Waals surface area contributed by atoms with Crippen LogP contribution in [0.25, 0.3) is 0 Å². The largest absolute Gasteiger partial charge is 0.497 e. The predicted octanol–water partition coefficient (Wildman–Crippen LogP) is 0.533. The van der Waals surface area contributed by atoms with Gasteiger partial charge in [0.1, 0.15) is 11.8 Å². The molecule has 1 unspecified atom stereocenters. The Bertz CT molecular complexity index is 500. The van der Waals surface area contributed by atoms with Crippen LogP contribution >= 0.6 is 0 Å². The summed E-state index contributed by atoms with van der Waals surface area (Å²) in [7, 11) is 0.171. The maximum absolute atomic E-state index is 11.9. The van der Waals surface area contributed by atoms with Crippen molar-refractivity contribution in [3.05, 3.63) is 29.8 Å². The minimum atomic E-state index is -1.38. The zero-order valence-corrected chi connectivity index (χ0v) is 12.1. The average molecular weight is 299 g/mol. The van der Waals surface area contributed by atoms with Crippen molar-refractivity contribution >= 4 is 22.7 Å². The van der Waals surface area contributed by atoms with Crippen LogP contribution in [0.4, 0.5) is 0 Å². The molecule has 0 fully saturated rings. The highest BCUT2D eigenvalue weighted by atomic mass is 32.2. The second kappa shape index (κ2) is 7.64. The molecule has 1 rings (SSSR count). The molecule has 0 aliphatic rings. The minimum absolute atomic E-state index is 0.124. The standard InChI is InChI=1S/C13H17NO5S/c1-9(15)14-12(13(16)17)8-20(18)7-10-3-5-11(19-2)6-4-10/h3-6,12H,7-8H2,1-2H3,(H,14,15)(H,16,17)/t12-,20?/m0/s1. The molecule has 0 bridgehead atoms. The lowest BCUT2D eigenvalue weighted by Crippen LogP contribution is -2.43. The number of benzene rings is 1. The zero-order chi connectivity index (χ0) is 15.1. The molecule has 2 atom stereocenters. The molecule has 110 valence electrons. The molecule has 0 radical (unpaired) electrons. The third-order valence-electron chi connectivity index (χ3n) is 2.51. The smallest absolute Gasteiger partial charge is 0.327 e. The van der Waals surface area contributed by atoms with Gasteiger partial charge in [-0.05, 0) is 17.7 Å². The van der Waals surface area contributed by atoms with Gasteiger partial charge in [0.25, 0.3) is 0 Å². The van der Waals surface area contributed by atoms with Gasteiger partial charge in [0, 0.05) is 23.5 Å². The summed E-state index contributed by atoms with van der Waals surface area (Å²) in [5.74, 6) is -0.850. The van der Waals surface area contributed by atoms with Crippen LogP contribution in [0.5, 0.6) is 5.75 Å². The quantitative estimate of drug-likeness (QED) is 0.766. The number of hydrogen-bond donors (Lipinski definition) is 2. The molecular weight excluding hydrogens is 282 g/mol. The van der Waals surface area contributed by atoms with Gasteiger partial charge in [-0.3, -0.25) is 9.00 Å². The molecule has 0 saturated heterocycles. The number of ether oxygens (including phenoxy) is 1. The summed E-state index contributed by atoms with van der Waals surface area (Å²) in [6.07, 6.45) is 0. The molecule has 0 aliphatic carbocycles. The Morgan fingerprint density at radius 3 is 2.40 bits per heavy atom. The molecule has 0 aliphatic heterocycles. The molecule has 7 heteroatoms. The van der Waals surface area contributed by atoms with Gasteiger partial charge in [-0.2, -0.15) is 0 Å². The van der Waals surface area contributed by atoms with E-state index in [1.165, 1.54) is 6.92 Å². The van der Waals surface area contributed by atoms with E-state index in [2.05, 4.69) is 5.32 Å². The van der Waals surface area contributed by atoms with Gasteiger partial charge in [-0.1, -0.05) is 12.1 Å². The number of aliphatic carboxylic acids is 1. The molecule has 0 saturated carbocycles. The maximum Gasteiger partial charge on any atom is 0.327 e. The summed E-state index contributed by atoms with van der Waals surface area (Å²) in [4.78, 5) is 21.8. The number of carbonyl (C=O) groups is 2. The number of carbonyl (C=O) groups excluding carboxylic acids is 1. The number of carboxylic acid groups (broad SMARTS) is 1. The number of nitrogens with one attached hydrogen (secondary N) is 1.